The number of hydrogen-bond donors (Lipinski definition) is 2. The van der Waals surface area contributed by atoms with Gasteiger partial charge in [-0.1, -0.05) is 49.1 Å². The molecule has 5 unspecified atom stereocenters. The molecule has 5 atom stereocenters. The van der Waals surface area contributed by atoms with Crippen LogP contribution in [0.1, 0.15) is 101 Å². The highest BCUT2D eigenvalue weighted by Crippen LogP contribution is 2.38. The first-order valence-corrected chi connectivity index (χ1v) is 26.8. The summed E-state index contributed by atoms with van der Waals surface area (Å²) >= 11 is 0. The molecule has 0 spiro atoms. The van der Waals surface area contributed by atoms with E-state index in [0.717, 1.165) is 108 Å². The minimum Gasteiger partial charge on any atom is -0.467 e. The third-order valence-corrected chi connectivity index (χ3v) is 16.7. The minimum absolute atomic E-state index is 0.0484. The number of unbranched alkanes of at least 4 members (excludes halogenated alkanes) is 1. The van der Waals surface area contributed by atoms with Crippen LogP contribution < -0.4 is 26.0 Å². The average Bonchev–Trinajstić information content (AvgIpc) is 4.20. The Morgan fingerprint density at radius 3 is 2.49 bits per heavy atom. The van der Waals surface area contributed by atoms with Gasteiger partial charge < -0.3 is 24.6 Å². The highest BCUT2D eigenvalue weighted by Gasteiger charge is 2.38. The number of likely N-dealkylation sites (tertiary alicyclic amines) is 1. The van der Waals surface area contributed by atoms with Gasteiger partial charge in [-0.3, -0.25) is 33.9 Å². The second-order valence-corrected chi connectivity index (χ2v) is 21.2. The minimum atomic E-state index is -0.659. The van der Waals surface area contributed by atoms with E-state index in [1.807, 2.05) is 17.0 Å². The van der Waals surface area contributed by atoms with Crippen molar-refractivity contribution in [3.63, 3.8) is 0 Å². The number of pyridine rings is 1. The van der Waals surface area contributed by atoms with E-state index in [0.29, 0.717) is 64.6 Å². The lowest BCUT2D eigenvalue weighted by atomic mass is 9.91. The monoisotopic (exact) mass is 1020 g/mol. The Balaban J connectivity index is 0.000000163. The first kappa shape index (κ1) is 50.2. The van der Waals surface area contributed by atoms with E-state index in [1.165, 1.54) is 42.6 Å². The molecule has 18 heteroatoms. The predicted molar refractivity (Wildman–Crippen MR) is 281 cm³/mol. The van der Waals surface area contributed by atoms with Gasteiger partial charge in [0.1, 0.15) is 35.5 Å². The van der Waals surface area contributed by atoms with Crippen molar-refractivity contribution in [3.05, 3.63) is 88.0 Å². The van der Waals surface area contributed by atoms with E-state index < -0.39 is 23.6 Å². The normalized spacial score (nSPS) is 22.8. The molecule has 12 rings (SSSR count). The molecule has 16 nitrogen and oxygen atoms in total. The van der Waals surface area contributed by atoms with Gasteiger partial charge in [-0.15, -0.1) is 6.42 Å². The van der Waals surface area contributed by atoms with Gasteiger partial charge in [-0.25, -0.2) is 18.4 Å². The molecule has 9 heterocycles. The molecule has 6 saturated heterocycles. The lowest BCUT2D eigenvalue weighted by Crippen LogP contribution is -2.51. The Kier molecular flexibility index (Phi) is 14.3. The largest absolute Gasteiger partial charge is 0.467 e. The number of aromatic nitrogens is 5. The van der Waals surface area contributed by atoms with Crippen molar-refractivity contribution >= 4 is 56.4 Å². The molecule has 6 aliphatic rings. The van der Waals surface area contributed by atoms with E-state index in [1.54, 1.807) is 42.1 Å². The summed E-state index contributed by atoms with van der Waals surface area (Å²) in [7, 11) is 3.19. The molecule has 2 bridgehead atoms. The van der Waals surface area contributed by atoms with Crippen LogP contribution >= 0.6 is 0 Å². The Labute approximate surface area is 434 Å². The van der Waals surface area contributed by atoms with Crippen LogP contribution in [0, 0.1) is 29.9 Å². The smallest absolute Gasteiger partial charge is 0.409 e. The van der Waals surface area contributed by atoms with Crippen LogP contribution in [0.3, 0.4) is 0 Å². The number of fused-ring (bicyclic) bond motifs is 6. The quantitative estimate of drug-likeness (QED) is 0.0744. The van der Waals surface area contributed by atoms with Crippen LogP contribution in [0.4, 0.5) is 19.4 Å². The Morgan fingerprint density at radius 2 is 1.72 bits per heavy atom. The lowest BCUT2D eigenvalue weighted by Gasteiger charge is -2.34. The number of benzene rings is 3. The number of terminal acetylenes is 1. The number of nitrogens with zero attached hydrogens (tertiary/aromatic N) is 8. The van der Waals surface area contributed by atoms with Gasteiger partial charge in [-0.05, 0) is 112 Å². The summed E-state index contributed by atoms with van der Waals surface area (Å²) in [5.74, 6) is 1.79. The number of anilines is 1. The molecule has 0 saturated carbocycles. The number of nitrogens with one attached hydrogen (secondary N) is 2. The van der Waals surface area contributed by atoms with Crippen molar-refractivity contribution in [2.75, 3.05) is 51.3 Å². The van der Waals surface area contributed by atoms with E-state index in [2.05, 4.69) is 47.4 Å². The molecule has 3 aromatic carbocycles. The van der Waals surface area contributed by atoms with Crippen LogP contribution in [0.15, 0.2) is 59.5 Å². The van der Waals surface area contributed by atoms with E-state index in [-0.39, 0.29) is 46.9 Å². The molecule has 6 aliphatic heterocycles. The van der Waals surface area contributed by atoms with E-state index >= 15 is 4.39 Å². The highest BCUT2D eigenvalue weighted by atomic mass is 19.1. The number of carbonyl (C=O) groups is 3. The number of imidazole rings is 1. The number of piperidine rings is 2. The molecule has 0 aliphatic carbocycles. The van der Waals surface area contributed by atoms with E-state index in [9.17, 15) is 23.6 Å². The molecule has 3 aromatic heterocycles. The third kappa shape index (κ3) is 9.92. The van der Waals surface area contributed by atoms with Crippen molar-refractivity contribution < 1.29 is 32.6 Å². The number of methoxy groups -OCH3 is 1. The Morgan fingerprint density at radius 1 is 0.907 bits per heavy atom. The Bertz CT molecular complexity index is 3280. The number of halogens is 2. The zero-order valence-corrected chi connectivity index (χ0v) is 42.7. The van der Waals surface area contributed by atoms with Crippen molar-refractivity contribution in [3.8, 4) is 29.6 Å². The fourth-order valence-corrected chi connectivity index (χ4v) is 12.8. The molecule has 75 heavy (non-hydrogen) atoms. The summed E-state index contributed by atoms with van der Waals surface area (Å²) in [6, 6.07) is 15.5. The number of piperazine rings is 1. The highest BCUT2D eigenvalue weighted by molar-refractivity contribution is 6.02. The molecule has 392 valence electrons. The van der Waals surface area contributed by atoms with Crippen molar-refractivity contribution in [1.82, 2.24) is 44.5 Å². The van der Waals surface area contributed by atoms with Gasteiger partial charge in [0.15, 0.2) is 5.82 Å². The molecule has 6 aromatic rings. The molecule has 3 amide bonds. The number of hydrogen-bond acceptors (Lipinski definition) is 12. The fraction of sp³-hybridized carbons (Fsp3) is 0.491. The van der Waals surface area contributed by atoms with E-state index in [4.69, 9.17) is 15.9 Å². The molecular formula is C57H64F2N10O6. The fourth-order valence-electron chi connectivity index (χ4n) is 12.8. The maximum atomic E-state index is 16.1. The predicted octanol–water partition coefficient (Wildman–Crippen LogP) is 7.56. The van der Waals surface area contributed by atoms with Gasteiger partial charge in [0, 0.05) is 81.0 Å². The second kappa shape index (κ2) is 21.3. The maximum absolute atomic E-state index is 16.1. The summed E-state index contributed by atoms with van der Waals surface area (Å²) in [5, 5.41) is 7.59. The van der Waals surface area contributed by atoms with Gasteiger partial charge >= 0.3 is 17.8 Å². The van der Waals surface area contributed by atoms with Crippen molar-refractivity contribution in [2.24, 2.45) is 13.0 Å². The van der Waals surface area contributed by atoms with Crippen LogP contribution in [0.5, 0.6) is 6.01 Å². The number of ether oxygens (including phenoxy) is 2. The Hall–Kier alpha value is -6.97. The molecular weight excluding hydrogens is 959 g/mol. The van der Waals surface area contributed by atoms with Crippen molar-refractivity contribution in [1.29, 1.82) is 0 Å². The van der Waals surface area contributed by atoms with Gasteiger partial charge in [-0.2, -0.15) is 9.97 Å². The topological polar surface area (TPSA) is 169 Å². The summed E-state index contributed by atoms with van der Waals surface area (Å²) in [4.78, 5) is 69.6. The lowest BCUT2D eigenvalue weighted by molar-refractivity contribution is -0.135. The number of rotatable bonds is 11. The zero-order valence-electron chi connectivity index (χ0n) is 42.7. The average molecular weight is 1020 g/mol. The first-order valence-electron chi connectivity index (χ1n) is 26.8. The number of amides is 3. The van der Waals surface area contributed by atoms with Gasteiger partial charge in [0.25, 0.3) is 0 Å². The summed E-state index contributed by atoms with van der Waals surface area (Å²) < 4.78 is 44.7. The van der Waals surface area contributed by atoms with Crippen LogP contribution in [-0.2, 0) is 27.8 Å². The first-order chi connectivity index (χ1) is 36.5. The maximum Gasteiger partial charge on any atom is 0.409 e. The van der Waals surface area contributed by atoms with Crippen LogP contribution in [0.2, 0.25) is 0 Å². The third-order valence-electron chi connectivity index (χ3n) is 16.7. The SMILES string of the molecule is C#Cc1c(F)ccc2cccc(-c3ncc4c(N5CC6CCC(C5)N6)nc(OC)nc4c3F)c12.Cn1c(=O)n(C2CCC(=O)NC2=O)c2ccc(CCCCC3CCN(C(=O)OCC4CCC5CCCN54)CC3)cc21. The van der Waals surface area contributed by atoms with Gasteiger partial charge in [0.05, 0.1) is 29.1 Å². The molecule has 0 radical (unpaired) electrons. The molecule has 6 fully saturated rings. The number of carbonyl (C=O) groups excluding carboxylic acids is 3. The van der Waals surface area contributed by atoms with Crippen LogP contribution in [-0.4, -0.2) is 122 Å². The summed E-state index contributed by atoms with van der Waals surface area (Å²) in [6.45, 7) is 4.80. The second-order valence-electron chi connectivity index (χ2n) is 21.2. The summed E-state index contributed by atoms with van der Waals surface area (Å²) in [6.07, 6.45) is 21.2. The van der Waals surface area contributed by atoms with Crippen LogP contribution in [0.25, 0.3) is 44.0 Å². The van der Waals surface area contributed by atoms with Gasteiger partial charge in [0.2, 0.25) is 11.8 Å². The standard InChI is InChI=1S/C31H43N5O5.C26H21F2N5O/c1-33-27-19-22(8-11-25(27)36(30(33)39)26-12-13-28(37)32-29(26)38)6-3-2-5-21-14-17-34(18-15-21)31(40)41-20-24-10-9-23-7-4-16-35(23)24;1-3-17-20(27)10-7-14-5-4-6-18(21(14)17)23-22(28)24-19(11-29-23)25(32-26(31-24)34-2)33-12-15-8-9-16(13-33)30-15/h8,11,19,21,23-24,26H,2-7,9-10,12-18,20H2,1H3,(H,32,37,38);1,4-7,10-11,15-16,30H,8-9,12-13H2,2H3. The van der Waals surface area contributed by atoms with Crippen molar-refractivity contribution in [2.45, 2.75) is 120 Å². The molecule has 2 N–H and O–H groups in total. The summed E-state index contributed by atoms with van der Waals surface area (Å²) in [5.41, 5.74) is 3.11. The number of imide groups is 1. The zero-order chi connectivity index (χ0) is 51.9. The number of aryl methyl sites for hydroxylation is 2.